The largest absolute Gasteiger partial charge is 0.353 e. The van der Waals surface area contributed by atoms with Crippen molar-refractivity contribution in [3.05, 3.63) is 34.9 Å². The van der Waals surface area contributed by atoms with Crippen LogP contribution in [0.4, 0.5) is 0 Å². The average Bonchev–Trinajstić information content (AvgIpc) is 2.30. The molecule has 0 atom stereocenters. The number of nitrogens with zero attached hydrogens (tertiary/aromatic N) is 1. The van der Waals surface area contributed by atoms with Gasteiger partial charge >= 0.3 is 0 Å². The second-order valence-corrected chi connectivity index (χ2v) is 5.02. The van der Waals surface area contributed by atoms with Gasteiger partial charge in [-0.15, -0.1) is 0 Å². The molecule has 1 aromatic carbocycles. The molecule has 100 valence electrons. The number of hydrogen-bond acceptors (Lipinski definition) is 2. The van der Waals surface area contributed by atoms with Crippen molar-refractivity contribution >= 4 is 17.5 Å². The molecule has 0 fully saturated rings. The Morgan fingerprint density at radius 2 is 2.06 bits per heavy atom. The molecule has 0 unspecified atom stereocenters. The second-order valence-electron chi connectivity index (χ2n) is 4.62. The van der Waals surface area contributed by atoms with Crippen LogP contribution in [0.5, 0.6) is 0 Å². The topological polar surface area (TPSA) is 32.3 Å². The first-order valence-electron chi connectivity index (χ1n) is 6.28. The zero-order valence-corrected chi connectivity index (χ0v) is 12.0. The lowest BCUT2D eigenvalue weighted by Crippen LogP contribution is -2.39. The quantitative estimate of drug-likeness (QED) is 0.860. The van der Waals surface area contributed by atoms with Gasteiger partial charge in [0.2, 0.25) is 5.91 Å². The zero-order valence-electron chi connectivity index (χ0n) is 11.2. The molecule has 1 N–H and O–H groups in total. The standard InChI is InChI=1S/C14H21ClN2O/c1-4-17(10-14(18)16-11(2)3)9-12-7-5-6-8-13(12)15/h5-8,11H,4,9-10H2,1-3H3,(H,16,18). The highest BCUT2D eigenvalue weighted by molar-refractivity contribution is 6.31. The third kappa shape index (κ3) is 5.07. The highest BCUT2D eigenvalue weighted by atomic mass is 35.5. The maximum absolute atomic E-state index is 11.7. The maximum Gasteiger partial charge on any atom is 0.234 e. The SMILES string of the molecule is CCN(CC(=O)NC(C)C)Cc1ccccc1Cl. The molecule has 0 spiro atoms. The van der Waals surface area contributed by atoms with E-state index in [-0.39, 0.29) is 11.9 Å². The molecule has 0 radical (unpaired) electrons. The minimum atomic E-state index is 0.0545. The van der Waals surface area contributed by atoms with Gasteiger partial charge in [0.25, 0.3) is 0 Å². The van der Waals surface area contributed by atoms with Crippen LogP contribution in [0.2, 0.25) is 5.02 Å². The number of amides is 1. The Morgan fingerprint density at radius 3 is 2.61 bits per heavy atom. The number of hydrogen-bond donors (Lipinski definition) is 1. The first kappa shape index (κ1) is 15.0. The van der Waals surface area contributed by atoms with Gasteiger partial charge in [0.1, 0.15) is 0 Å². The van der Waals surface area contributed by atoms with Gasteiger partial charge in [-0.2, -0.15) is 0 Å². The summed E-state index contributed by atoms with van der Waals surface area (Å²) >= 11 is 6.12. The Bertz CT molecular complexity index is 393. The summed E-state index contributed by atoms with van der Waals surface area (Å²) in [6, 6.07) is 7.91. The summed E-state index contributed by atoms with van der Waals surface area (Å²) in [6.07, 6.45) is 0. The van der Waals surface area contributed by atoms with Crippen molar-refractivity contribution < 1.29 is 4.79 Å². The molecular weight excluding hydrogens is 248 g/mol. The zero-order chi connectivity index (χ0) is 13.5. The van der Waals surface area contributed by atoms with Crippen LogP contribution >= 0.6 is 11.6 Å². The van der Waals surface area contributed by atoms with Crippen molar-refractivity contribution in [2.45, 2.75) is 33.4 Å². The Morgan fingerprint density at radius 1 is 1.39 bits per heavy atom. The van der Waals surface area contributed by atoms with Crippen LogP contribution in [0.1, 0.15) is 26.3 Å². The van der Waals surface area contributed by atoms with E-state index in [1.165, 1.54) is 0 Å². The number of nitrogens with one attached hydrogen (secondary N) is 1. The molecule has 0 aromatic heterocycles. The maximum atomic E-state index is 11.7. The van der Waals surface area contributed by atoms with Crippen LogP contribution in [0.15, 0.2) is 24.3 Å². The average molecular weight is 269 g/mol. The highest BCUT2D eigenvalue weighted by Crippen LogP contribution is 2.16. The minimum Gasteiger partial charge on any atom is -0.353 e. The lowest BCUT2D eigenvalue weighted by Gasteiger charge is -2.21. The van der Waals surface area contributed by atoms with Crippen LogP contribution in [0, 0.1) is 0 Å². The lowest BCUT2D eigenvalue weighted by molar-refractivity contribution is -0.122. The molecule has 0 saturated carbocycles. The van der Waals surface area contributed by atoms with Crippen LogP contribution in [0.25, 0.3) is 0 Å². The molecule has 1 aromatic rings. The molecule has 4 heteroatoms. The first-order chi connectivity index (χ1) is 8.52. The Labute approximate surface area is 114 Å². The van der Waals surface area contributed by atoms with Gasteiger partial charge in [0.15, 0.2) is 0 Å². The molecule has 0 heterocycles. The smallest absolute Gasteiger partial charge is 0.234 e. The van der Waals surface area contributed by atoms with Crippen molar-refractivity contribution in [1.82, 2.24) is 10.2 Å². The van der Waals surface area contributed by atoms with Gasteiger partial charge in [-0.05, 0) is 32.0 Å². The van der Waals surface area contributed by atoms with Gasteiger partial charge in [-0.3, -0.25) is 9.69 Å². The highest BCUT2D eigenvalue weighted by Gasteiger charge is 2.11. The monoisotopic (exact) mass is 268 g/mol. The summed E-state index contributed by atoms with van der Waals surface area (Å²) in [5.41, 5.74) is 1.05. The lowest BCUT2D eigenvalue weighted by atomic mass is 10.2. The van der Waals surface area contributed by atoms with E-state index in [1.807, 2.05) is 45.0 Å². The van der Waals surface area contributed by atoms with E-state index in [1.54, 1.807) is 0 Å². The molecule has 18 heavy (non-hydrogen) atoms. The Hall–Kier alpha value is -1.06. The number of rotatable bonds is 6. The Kier molecular flexibility index (Phi) is 6.16. The molecule has 1 amide bonds. The van der Waals surface area contributed by atoms with E-state index in [2.05, 4.69) is 10.2 Å². The van der Waals surface area contributed by atoms with E-state index in [0.29, 0.717) is 13.1 Å². The van der Waals surface area contributed by atoms with Crippen molar-refractivity contribution in [3.63, 3.8) is 0 Å². The van der Waals surface area contributed by atoms with Crippen LogP contribution in [-0.2, 0) is 11.3 Å². The van der Waals surface area contributed by atoms with Crippen molar-refractivity contribution in [3.8, 4) is 0 Å². The van der Waals surface area contributed by atoms with Crippen molar-refractivity contribution in [2.75, 3.05) is 13.1 Å². The number of carbonyl (C=O) groups excluding carboxylic acids is 1. The van der Waals surface area contributed by atoms with Gasteiger partial charge < -0.3 is 5.32 Å². The molecule has 0 bridgehead atoms. The molecule has 1 rings (SSSR count). The Balaban J connectivity index is 2.57. The summed E-state index contributed by atoms with van der Waals surface area (Å²) in [4.78, 5) is 13.8. The van der Waals surface area contributed by atoms with Gasteiger partial charge in [-0.25, -0.2) is 0 Å². The van der Waals surface area contributed by atoms with Crippen LogP contribution in [-0.4, -0.2) is 29.9 Å². The number of halogens is 1. The third-order valence-electron chi connectivity index (χ3n) is 2.62. The third-order valence-corrected chi connectivity index (χ3v) is 2.98. The summed E-state index contributed by atoms with van der Waals surface area (Å²) in [5, 5.41) is 3.64. The normalized spacial score (nSPS) is 11.0. The summed E-state index contributed by atoms with van der Waals surface area (Å²) in [6.45, 7) is 7.88. The fourth-order valence-electron chi connectivity index (χ4n) is 1.72. The predicted molar refractivity (Wildman–Crippen MR) is 75.7 cm³/mol. The summed E-state index contributed by atoms with van der Waals surface area (Å²) in [5.74, 6) is 0.0545. The van der Waals surface area contributed by atoms with E-state index < -0.39 is 0 Å². The molecule has 3 nitrogen and oxygen atoms in total. The van der Waals surface area contributed by atoms with Gasteiger partial charge in [0.05, 0.1) is 6.54 Å². The molecule has 0 aliphatic rings. The molecular formula is C14H21ClN2O. The number of carbonyl (C=O) groups is 1. The summed E-state index contributed by atoms with van der Waals surface area (Å²) < 4.78 is 0. The van der Waals surface area contributed by atoms with Gasteiger partial charge in [-0.1, -0.05) is 36.7 Å². The number of likely N-dealkylation sites (N-methyl/N-ethyl adjacent to an activating group) is 1. The fourth-order valence-corrected chi connectivity index (χ4v) is 1.91. The van der Waals surface area contributed by atoms with E-state index in [9.17, 15) is 4.79 Å². The molecule has 0 saturated heterocycles. The van der Waals surface area contributed by atoms with Crippen LogP contribution < -0.4 is 5.32 Å². The first-order valence-corrected chi connectivity index (χ1v) is 6.65. The minimum absolute atomic E-state index is 0.0545. The van der Waals surface area contributed by atoms with Crippen molar-refractivity contribution in [2.24, 2.45) is 0 Å². The fraction of sp³-hybridized carbons (Fsp3) is 0.500. The van der Waals surface area contributed by atoms with E-state index >= 15 is 0 Å². The van der Waals surface area contributed by atoms with E-state index in [4.69, 9.17) is 11.6 Å². The van der Waals surface area contributed by atoms with E-state index in [0.717, 1.165) is 17.1 Å². The van der Waals surface area contributed by atoms with Crippen molar-refractivity contribution in [1.29, 1.82) is 0 Å². The second kappa shape index (κ2) is 7.39. The molecule has 0 aliphatic carbocycles. The van der Waals surface area contributed by atoms with Crippen LogP contribution in [0.3, 0.4) is 0 Å². The summed E-state index contributed by atoms with van der Waals surface area (Å²) in [7, 11) is 0. The van der Waals surface area contributed by atoms with Gasteiger partial charge in [0, 0.05) is 17.6 Å². The molecule has 0 aliphatic heterocycles. The predicted octanol–water partition coefficient (Wildman–Crippen LogP) is 2.69. The number of benzene rings is 1.